The molecule has 17 heavy (non-hydrogen) atoms. The van der Waals surface area contributed by atoms with E-state index in [1.807, 2.05) is 6.92 Å². The van der Waals surface area contributed by atoms with Crippen molar-refractivity contribution in [3.63, 3.8) is 0 Å². The predicted octanol–water partition coefficient (Wildman–Crippen LogP) is 0.368. The normalized spacial score (nSPS) is 26.1. The summed E-state index contributed by atoms with van der Waals surface area (Å²) < 4.78 is 35.5. The summed E-state index contributed by atoms with van der Waals surface area (Å²) in [6.45, 7) is 1.13. The molecule has 1 amide bonds. The number of carbonyl (C=O) groups excluding carboxylic acids is 1. The van der Waals surface area contributed by atoms with Crippen LogP contribution in [0.1, 0.15) is 13.3 Å². The third-order valence-corrected chi connectivity index (χ3v) is 2.81. The molecule has 1 saturated heterocycles. The molecule has 1 rings (SSSR count). The number of likely N-dealkylation sites (tertiary alicyclic amines) is 1. The average molecular weight is 254 g/mol. The highest BCUT2D eigenvalue weighted by Gasteiger charge is 2.29. The van der Waals surface area contributed by atoms with Crippen molar-refractivity contribution in [1.82, 2.24) is 10.2 Å². The van der Waals surface area contributed by atoms with Crippen LogP contribution >= 0.6 is 0 Å². The number of hydrogen-bond donors (Lipinski definition) is 2. The fraction of sp³-hybridized carbons (Fsp3) is 0.900. The zero-order valence-electron chi connectivity index (χ0n) is 9.63. The predicted molar refractivity (Wildman–Crippen MR) is 55.3 cm³/mol. The highest BCUT2D eigenvalue weighted by molar-refractivity contribution is 5.78. The molecule has 4 nitrogen and oxygen atoms in total. The van der Waals surface area contributed by atoms with Gasteiger partial charge in [0.15, 0.2) is 0 Å². The molecule has 0 aromatic rings. The van der Waals surface area contributed by atoms with E-state index >= 15 is 0 Å². The van der Waals surface area contributed by atoms with E-state index in [9.17, 15) is 23.1 Å². The summed E-state index contributed by atoms with van der Waals surface area (Å²) in [4.78, 5) is 13.0. The Labute approximate surface area is 97.8 Å². The van der Waals surface area contributed by atoms with Crippen LogP contribution in [0.2, 0.25) is 0 Å². The van der Waals surface area contributed by atoms with E-state index in [0.717, 1.165) is 0 Å². The second kappa shape index (κ2) is 5.68. The molecule has 0 aromatic heterocycles. The van der Waals surface area contributed by atoms with Gasteiger partial charge in [-0.05, 0) is 12.3 Å². The lowest BCUT2D eigenvalue weighted by Crippen LogP contribution is -2.48. The molecule has 0 aliphatic carbocycles. The fourth-order valence-electron chi connectivity index (χ4n) is 1.78. The lowest BCUT2D eigenvalue weighted by Gasteiger charge is -2.34. The number of hydrogen-bond acceptors (Lipinski definition) is 3. The van der Waals surface area contributed by atoms with Crippen LogP contribution in [0.3, 0.4) is 0 Å². The first kappa shape index (κ1) is 14.2. The van der Waals surface area contributed by atoms with Gasteiger partial charge in [-0.2, -0.15) is 13.2 Å². The first-order valence-corrected chi connectivity index (χ1v) is 5.53. The number of aliphatic hydroxyl groups excluding tert-OH is 1. The smallest absolute Gasteiger partial charge is 0.393 e. The number of carbonyl (C=O) groups is 1. The zero-order chi connectivity index (χ0) is 13.1. The van der Waals surface area contributed by atoms with E-state index < -0.39 is 18.8 Å². The van der Waals surface area contributed by atoms with Crippen LogP contribution in [-0.4, -0.2) is 54.4 Å². The Morgan fingerprint density at radius 2 is 2.18 bits per heavy atom. The van der Waals surface area contributed by atoms with Crippen molar-refractivity contribution in [2.24, 2.45) is 5.92 Å². The molecular weight excluding hydrogens is 237 g/mol. The van der Waals surface area contributed by atoms with Gasteiger partial charge in [0.05, 0.1) is 19.2 Å². The first-order valence-electron chi connectivity index (χ1n) is 5.53. The van der Waals surface area contributed by atoms with Gasteiger partial charge in [0.1, 0.15) is 0 Å². The second-order valence-electron chi connectivity index (χ2n) is 4.39. The van der Waals surface area contributed by atoms with Gasteiger partial charge >= 0.3 is 6.18 Å². The molecule has 7 heteroatoms. The minimum absolute atomic E-state index is 0.0321. The molecule has 1 aliphatic heterocycles. The molecule has 2 atom stereocenters. The van der Waals surface area contributed by atoms with Gasteiger partial charge < -0.3 is 15.3 Å². The molecule has 0 bridgehead atoms. The van der Waals surface area contributed by atoms with E-state index in [1.165, 1.54) is 4.90 Å². The number of nitrogens with zero attached hydrogens (tertiary/aromatic N) is 1. The largest absolute Gasteiger partial charge is 0.401 e. The summed E-state index contributed by atoms with van der Waals surface area (Å²) in [5.74, 6) is -0.386. The summed E-state index contributed by atoms with van der Waals surface area (Å²) in [7, 11) is 0. The van der Waals surface area contributed by atoms with Gasteiger partial charge in [-0.3, -0.25) is 4.79 Å². The van der Waals surface area contributed by atoms with E-state index in [1.54, 1.807) is 0 Å². The Morgan fingerprint density at radius 1 is 1.53 bits per heavy atom. The fourth-order valence-corrected chi connectivity index (χ4v) is 1.78. The Balaban J connectivity index is 2.29. The number of piperidine rings is 1. The van der Waals surface area contributed by atoms with Crippen molar-refractivity contribution >= 4 is 5.91 Å². The van der Waals surface area contributed by atoms with Gasteiger partial charge in [0, 0.05) is 13.1 Å². The minimum atomic E-state index is -4.30. The van der Waals surface area contributed by atoms with E-state index in [0.29, 0.717) is 19.5 Å². The molecule has 1 fully saturated rings. The number of amides is 1. The van der Waals surface area contributed by atoms with Gasteiger partial charge in [-0.1, -0.05) is 6.92 Å². The van der Waals surface area contributed by atoms with Crippen molar-refractivity contribution in [2.75, 3.05) is 26.2 Å². The lowest BCUT2D eigenvalue weighted by atomic mass is 9.97. The molecule has 100 valence electrons. The Kier molecular flexibility index (Phi) is 4.76. The third-order valence-electron chi connectivity index (χ3n) is 2.81. The van der Waals surface area contributed by atoms with Crippen molar-refractivity contribution in [1.29, 1.82) is 0 Å². The lowest BCUT2D eigenvalue weighted by molar-refractivity contribution is -0.136. The van der Waals surface area contributed by atoms with Crippen LogP contribution in [-0.2, 0) is 4.79 Å². The van der Waals surface area contributed by atoms with Crippen molar-refractivity contribution in [3.05, 3.63) is 0 Å². The highest BCUT2D eigenvalue weighted by Crippen LogP contribution is 2.16. The van der Waals surface area contributed by atoms with Crippen LogP contribution in [0.25, 0.3) is 0 Å². The number of nitrogens with one attached hydrogen (secondary N) is 1. The zero-order valence-corrected chi connectivity index (χ0v) is 9.63. The van der Waals surface area contributed by atoms with Crippen LogP contribution < -0.4 is 5.32 Å². The molecule has 1 heterocycles. The second-order valence-corrected chi connectivity index (χ2v) is 4.39. The Bertz CT molecular complexity index is 271. The molecule has 0 radical (unpaired) electrons. The van der Waals surface area contributed by atoms with E-state index in [2.05, 4.69) is 5.32 Å². The molecule has 0 spiro atoms. The summed E-state index contributed by atoms with van der Waals surface area (Å²) in [6, 6.07) is 0. The van der Waals surface area contributed by atoms with Gasteiger partial charge in [-0.25, -0.2) is 0 Å². The maximum absolute atomic E-state index is 11.8. The number of rotatable bonds is 3. The topological polar surface area (TPSA) is 52.6 Å². The summed E-state index contributed by atoms with van der Waals surface area (Å²) in [5.41, 5.74) is 0. The third kappa shape index (κ3) is 4.91. The van der Waals surface area contributed by atoms with Crippen molar-refractivity contribution in [3.8, 4) is 0 Å². The average Bonchev–Trinajstić information content (AvgIpc) is 2.20. The summed E-state index contributed by atoms with van der Waals surface area (Å²) >= 11 is 0. The first-order chi connectivity index (χ1) is 7.79. The minimum Gasteiger partial charge on any atom is -0.393 e. The van der Waals surface area contributed by atoms with Crippen LogP contribution in [0.4, 0.5) is 13.2 Å². The SMILES string of the molecule is CC1CN(C(=O)CNCC(F)(F)F)CCC1O. The molecule has 2 N–H and O–H groups in total. The van der Waals surface area contributed by atoms with Crippen LogP contribution in [0.5, 0.6) is 0 Å². The van der Waals surface area contributed by atoms with Crippen molar-refractivity contribution < 1.29 is 23.1 Å². The standard InChI is InChI=1S/C10H17F3N2O2/c1-7-5-15(3-2-8(7)16)9(17)4-14-6-10(11,12)13/h7-8,14,16H,2-6H2,1H3. The monoisotopic (exact) mass is 254 g/mol. The summed E-state index contributed by atoms with van der Waals surface area (Å²) in [5, 5.41) is 11.5. The van der Waals surface area contributed by atoms with Gasteiger partial charge in [0.2, 0.25) is 5.91 Å². The number of alkyl halides is 3. The van der Waals surface area contributed by atoms with Gasteiger partial charge in [-0.15, -0.1) is 0 Å². The molecule has 0 saturated carbocycles. The quantitative estimate of drug-likeness (QED) is 0.765. The Morgan fingerprint density at radius 3 is 2.71 bits per heavy atom. The van der Waals surface area contributed by atoms with E-state index in [-0.39, 0.29) is 18.4 Å². The Hall–Kier alpha value is -0.820. The summed E-state index contributed by atoms with van der Waals surface area (Å²) in [6.07, 6.45) is -4.25. The maximum atomic E-state index is 11.8. The molecule has 0 aromatic carbocycles. The van der Waals surface area contributed by atoms with E-state index in [4.69, 9.17) is 0 Å². The van der Waals surface area contributed by atoms with Crippen molar-refractivity contribution in [2.45, 2.75) is 25.6 Å². The molecular formula is C10H17F3N2O2. The molecule has 1 aliphatic rings. The van der Waals surface area contributed by atoms with Crippen LogP contribution in [0.15, 0.2) is 0 Å². The number of halogens is 3. The van der Waals surface area contributed by atoms with Gasteiger partial charge in [0.25, 0.3) is 0 Å². The number of aliphatic hydroxyl groups is 1. The molecule has 2 unspecified atom stereocenters. The van der Waals surface area contributed by atoms with Crippen LogP contribution in [0, 0.1) is 5.92 Å². The maximum Gasteiger partial charge on any atom is 0.401 e. The highest BCUT2D eigenvalue weighted by atomic mass is 19.4.